The molecule has 26 heavy (non-hydrogen) atoms. The van der Waals surface area contributed by atoms with E-state index in [2.05, 4.69) is 38.4 Å². The van der Waals surface area contributed by atoms with Gasteiger partial charge in [-0.1, -0.05) is 47.1 Å². The van der Waals surface area contributed by atoms with Gasteiger partial charge in [-0.2, -0.15) is 5.10 Å². The van der Waals surface area contributed by atoms with Crippen molar-refractivity contribution in [2.75, 3.05) is 6.61 Å². The first-order chi connectivity index (χ1) is 12.7. The number of amides is 1. The molecule has 3 aromatic rings. The Bertz CT molecular complexity index is 875. The maximum atomic E-state index is 12.6. The molecular formula is C20H20BrN3O2. The number of halogens is 1. The first-order valence-electron chi connectivity index (χ1n) is 8.46. The summed E-state index contributed by atoms with van der Waals surface area (Å²) in [5.74, 6) is 0.675. The number of rotatable bonds is 7. The quantitative estimate of drug-likeness (QED) is 0.596. The zero-order valence-corrected chi connectivity index (χ0v) is 16.0. The second-order valence-electron chi connectivity index (χ2n) is 5.84. The van der Waals surface area contributed by atoms with E-state index in [0.29, 0.717) is 24.4 Å². The third kappa shape index (κ3) is 4.52. The summed E-state index contributed by atoms with van der Waals surface area (Å²) in [5.41, 5.74) is 3.13. The van der Waals surface area contributed by atoms with Gasteiger partial charge in [-0.25, -0.2) is 0 Å². The Labute approximate surface area is 160 Å². The van der Waals surface area contributed by atoms with Crippen LogP contribution in [0.2, 0.25) is 0 Å². The third-order valence-corrected chi connectivity index (χ3v) is 4.34. The Morgan fingerprint density at radius 1 is 1.23 bits per heavy atom. The van der Waals surface area contributed by atoms with Gasteiger partial charge in [-0.15, -0.1) is 0 Å². The number of aromatic amines is 1. The van der Waals surface area contributed by atoms with E-state index in [9.17, 15) is 4.79 Å². The lowest BCUT2D eigenvalue weighted by atomic mass is 10.1. The number of hydrogen-bond acceptors (Lipinski definition) is 3. The van der Waals surface area contributed by atoms with Gasteiger partial charge in [-0.05, 0) is 36.2 Å². The molecule has 0 saturated heterocycles. The van der Waals surface area contributed by atoms with Crippen LogP contribution in [0.4, 0.5) is 0 Å². The van der Waals surface area contributed by atoms with Gasteiger partial charge in [0.25, 0.3) is 5.91 Å². The van der Waals surface area contributed by atoms with Crippen molar-refractivity contribution in [2.45, 2.75) is 19.9 Å². The lowest BCUT2D eigenvalue weighted by Crippen LogP contribution is -2.22. The summed E-state index contributed by atoms with van der Waals surface area (Å²) < 4.78 is 6.51. The minimum absolute atomic E-state index is 0.167. The summed E-state index contributed by atoms with van der Waals surface area (Å²) >= 11 is 3.45. The van der Waals surface area contributed by atoms with Crippen LogP contribution in [0.3, 0.4) is 0 Å². The predicted octanol–water partition coefficient (Wildman–Crippen LogP) is 4.56. The second-order valence-corrected chi connectivity index (χ2v) is 6.76. The maximum absolute atomic E-state index is 12.6. The van der Waals surface area contributed by atoms with Crippen LogP contribution >= 0.6 is 15.9 Å². The Hall–Kier alpha value is -2.60. The Balaban J connectivity index is 1.65. The molecule has 0 unspecified atom stereocenters. The van der Waals surface area contributed by atoms with E-state index in [1.807, 2.05) is 48.5 Å². The number of aromatic nitrogens is 2. The molecule has 0 fully saturated rings. The van der Waals surface area contributed by atoms with Gasteiger partial charge in [0.15, 0.2) is 0 Å². The molecular weight excluding hydrogens is 394 g/mol. The van der Waals surface area contributed by atoms with Gasteiger partial charge in [0.05, 0.1) is 24.1 Å². The summed E-state index contributed by atoms with van der Waals surface area (Å²) in [5, 5.41) is 9.87. The lowest BCUT2D eigenvalue weighted by Gasteiger charge is -2.08. The highest BCUT2D eigenvalue weighted by molar-refractivity contribution is 9.10. The van der Waals surface area contributed by atoms with E-state index in [-0.39, 0.29) is 5.91 Å². The molecule has 1 amide bonds. The summed E-state index contributed by atoms with van der Waals surface area (Å²) in [6.45, 7) is 3.22. The van der Waals surface area contributed by atoms with Crippen molar-refractivity contribution in [2.24, 2.45) is 0 Å². The molecule has 1 aromatic heterocycles. The first-order valence-corrected chi connectivity index (χ1v) is 9.26. The number of H-pyrrole nitrogens is 1. The highest BCUT2D eigenvalue weighted by Crippen LogP contribution is 2.24. The van der Waals surface area contributed by atoms with Crippen LogP contribution in [0, 0.1) is 0 Å². The highest BCUT2D eigenvalue weighted by Gasteiger charge is 2.15. The predicted molar refractivity (Wildman–Crippen MR) is 105 cm³/mol. The Morgan fingerprint density at radius 2 is 2.04 bits per heavy atom. The van der Waals surface area contributed by atoms with Crippen LogP contribution in [0.5, 0.6) is 5.75 Å². The van der Waals surface area contributed by atoms with Gasteiger partial charge in [-0.3, -0.25) is 9.89 Å². The number of hydrogen-bond donors (Lipinski definition) is 2. The normalized spacial score (nSPS) is 10.5. The van der Waals surface area contributed by atoms with E-state index in [0.717, 1.165) is 27.8 Å². The number of carbonyl (C=O) groups excluding carboxylic acids is 1. The van der Waals surface area contributed by atoms with Crippen molar-refractivity contribution in [3.8, 4) is 17.0 Å². The van der Waals surface area contributed by atoms with Gasteiger partial charge < -0.3 is 10.1 Å². The number of ether oxygens (including phenoxy) is 1. The van der Waals surface area contributed by atoms with Crippen molar-refractivity contribution in [1.29, 1.82) is 0 Å². The SMILES string of the molecule is CCCOc1ccc(CNC(=O)c2cn[nH]c2-c2cccc(Br)c2)cc1. The van der Waals surface area contributed by atoms with E-state index in [1.165, 1.54) is 0 Å². The zero-order valence-electron chi connectivity index (χ0n) is 14.5. The van der Waals surface area contributed by atoms with Crippen LogP contribution in [0.25, 0.3) is 11.3 Å². The van der Waals surface area contributed by atoms with Crippen LogP contribution < -0.4 is 10.1 Å². The molecule has 0 saturated carbocycles. The van der Waals surface area contributed by atoms with Crippen molar-refractivity contribution in [3.63, 3.8) is 0 Å². The molecule has 5 nitrogen and oxygen atoms in total. The second kappa shape index (κ2) is 8.67. The van der Waals surface area contributed by atoms with Crippen LogP contribution in [0.15, 0.2) is 59.2 Å². The zero-order chi connectivity index (χ0) is 18.4. The molecule has 2 aromatic carbocycles. The maximum Gasteiger partial charge on any atom is 0.255 e. The number of nitrogens with zero attached hydrogens (tertiary/aromatic N) is 1. The van der Waals surface area contributed by atoms with Crippen molar-refractivity contribution in [1.82, 2.24) is 15.5 Å². The smallest absolute Gasteiger partial charge is 0.255 e. The molecule has 0 aliphatic rings. The molecule has 3 rings (SSSR count). The summed E-state index contributed by atoms with van der Waals surface area (Å²) in [6.07, 6.45) is 2.52. The summed E-state index contributed by atoms with van der Waals surface area (Å²) in [6, 6.07) is 15.5. The molecule has 1 heterocycles. The third-order valence-electron chi connectivity index (χ3n) is 3.85. The fourth-order valence-electron chi connectivity index (χ4n) is 2.52. The van der Waals surface area contributed by atoms with Gasteiger partial charge >= 0.3 is 0 Å². The van der Waals surface area contributed by atoms with Gasteiger partial charge in [0.1, 0.15) is 5.75 Å². The Morgan fingerprint density at radius 3 is 2.77 bits per heavy atom. The van der Waals surface area contributed by atoms with Crippen LogP contribution in [-0.2, 0) is 6.54 Å². The molecule has 0 bridgehead atoms. The first kappa shape index (κ1) is 18.2. The molecule has 0 aliphatic carbocycles. The molecule has 0 aliphatic heterocycles. The number of nitrogens with one attached hydrogen (secondary N) is 2. The minimum Gasteiger partial charge on any atom is -0.494 e. The average molecular weight is 414 g/mol. The number of carbonyl (C=O) groups is 1. The van der Waals surface area contributed by atoms with Gasteiger partial charge in [0.2, 0.25) is 0 Å². The van der Waals surface area contributed by atoms with Crippen molar-refractivity contribution < 1.29 is 9.53 Å². The fraction of sp³-hybridized carbons (Fsp3) is 0.200. The fourth-order valence-corrected chi connectivity index (χ4v) is 2.92. The van der Waals surface area contributed by atoms with E-state index >= 15 is 0 Å². The monoisotopic (exact) mass is 413 g/mol. The van der Waals surface area contributed by atoms with E-state index in [1.54, 1.807) is 6.20 Å². The Kier molecular flexibility index (Phi) is 6.07. The van der Waals surface area contributed by atoms with Crippen molar-refractivity contribution >= 4 is 21.8 Å². The standard InChI is InChI=1S/C20H20BrN3O2/c1-2-10-26-17-8-6-14(7-9-17)12-22-20(25)18-13-23-24-19(18)15-4-3-5-16(21)11-15/h3-9,11,13H,2,10,12H2,1H3,(H,22,25)(H,23,24). The van der Waals surface area contributed by atoms with Crippen molar-refractivity contribution in [3.05, 3.63) is 70.3 Å². The summed E-state index contributed by atoms with van der Waals surface area (Å²) in [7, 11) is 0. The van der Waals surface area contributed by atoms with Crippen LogP contribution in [-0.4, -0.2) is 22.7 Å². The largest absolute Gasteiger partial charge is 0.494 e. The molecule has 2 N–H and O–H groups in total. The molecule has 134 valence electrons. The van der Waals surface area contributed by atoms with E-state index in [4.69, 9.17) is 4.74 Å². The van der Waals surface area contributed by atoms with Crippen LogP contribution in [0.1, 0.15) is 29.3 Å². The molecule has 0 radical (unpaired) electrons. The lowest BCUT2D eigenvalue weighted by molar-refractivity contribution is 0.0951. The molecule has 0 atom stereocenters. The highest BCUT2D eigenvalue weighted by atomic mass is 79.9. The topological polar surface area (TPSA) is 67.0 Å². The average Bonchev–Trinajstić information content (AvgIpc) is 3.15. The van der Waals surface area contributed by atoms with E-state index < -0.39 is 0 Å². The minimum atomic E-state index is -0.167. The molecule has 6 heteroatoms. The van der Waals surface area contributed by atoms with Gasteiger partial charge in [0, 0.05) is 16.6 Å². The molecule has 0 spiro atoms. The summed E-state index contributed by atoms with van der Waals surface area (Å²) in [4.78, 5) is 12.6. The number of benzene rings is 2.